The summed E-state index contributed by atoms with van der Waals surface area (Å²) in [5.74, 6) is -1.45. The van der Waals surface area contributed by atoms with Crippen LogP contribution in [0.15, 0.2) is 24.3 Å². The highest BCUT2D eigenvalue weighted by Crippen LogP contribution is 2.18. The van der Waals surface area contributed by atoms with Gasteiger partial charge in [-0.2, -0.15) is 0 Å². The van der Waals surface area contributed by atoms with Crippen molar-refractivity contribution >= 4 is 23.7 Å². The molecule has 0 radical (unpaired) electrons. The van der Waals surface area contributed by atoms with Gasteiger partial charge in [0.15, 0.2) is 0 Å². The molecule has 10 heteroatoms. The van der Waals surface area contributed by atoms with E-state index in [2.05, 4.69) is 5.32 Å². The van der Waals surface area contributed by atoms with Crippen molar-refractivity contribution in [3.63, 3.8) is 0 Å². The number of carbonyl (C=O) groups is 3. The first-order valence-corrected chi connectivity index (χ1v) is 7.72. The summed E-state index contributed by atoms with van der Waals surface area (Å²) in [5.41, 5.74) is 4.13. The number of ether oxygens (including phenoxy) is 2. The maximum absolute atomic E-state index is 12.3. The third kappa shape index (κ3) is 7.60. The lowest BCUT2D eigenvalue weighted by molar-refractivity contribution is -0.384. The van der Waals surface area contributed by atoms with Gasteiger partial charge in [-0.05, 0) is 39.3 Å². The average Bonchev–Trinajstić information content (AvgIpc) is 2.49. The first kappa shape index (κ1) is 20.9. The average molecular weight is 367 g/mol. The second-order valence-corrected chi connectivity index (χ2v) is 6.38. The number of nitrogens with two attached hydrogens (primary N) is 1. The Hall–Kier alpha value is -3.17. The number of carbonyl (C=O) groups excluding carboxylic acids is 3. The fraction of sp³-hybridized carbons (Fsp3) is 0.438. The van der Waals surface area contributed by atoms with Crippen molar-refractivity contribution < 1.29 is 28.8 Å². The number of alkyl carbamates (subject to hydrolysis) is 1. The molecule has 1 aromatic carbocycles. The van der Waals surface area contributed by atoms with Crippen molar-refractivity contribution in [1.29, 1.82) is 0 Å². The van der Waals surface area contributed by atoms with Gasteiger partial charge in [0.1, 0.15) is 17.4 Å². The Morgan fingerprint density at radius 2 is 1.81 bits per heavy atom. The number of amides is 2. The van der Waals surface area contributed by atoms with Gasteiger partial charge in [0.05, 0.1) is 4.92 Å². The van der Waals surface area contributed by atoms with Crippen molar-refractivity contribution in [1.82, 2.24) is 5.32 Å². The lowest BCUT2D eigenvalue weighted by Crippen LogP contribution is -2.45. The first-order chi connectivity index (χ1) is 12.0. The summed E-state index contributed by atoms with van der Waals surface area (Å²) in [6.45, 7) is 4.96. The normalized spacial score (nSPS) is 12.0. The summed E-state index contributed by atoms with van der Waals surface area (Å²) in [6, 6.07) is 3.65. The molecule has 1 atom stereocenters. The van der Waals surface area contributed by atoms with Gasteiger partial charge in [0, 0.05) is 18.6 Å². The monoisotopic (exact) mass is 367 g/mol. The highest BCUT2D eigenvalue weighted by molar-refractivity contribution is 5.84. The van der Waals surface area contributed by atoms with Gasteiger partial charge in [0.25, 0.3) is 5.69 Å². The quantitative estimate of drug-likeness (QED) is 0.322. The van der Waals surface area contributed by atoms with Gasteiger partial charge in [-0.3, -0.25) is 14.9 Å². The highest BCUT2D eigenvalue weighted by atomic mass is 16.6. The molecule has 0 fully saturated rings. The molecule has 0 saturated carbocycles. The van der Waals surface area contributed by atoms with Gasteiger partial charge in [0.2, 0.25) is 5.91 Å². The molecule has 0 bridgehead atoms. The third-order valence-electron chi connectivity index (χ3n) is 2.92. The van der Waals surface area contributed by atoms with Crippen LogP contribution in [0.1, 0.15) is 33.6 Å². The molecule has 0 unspecified atom stereocenters. The van der Waals surface area contributed by atoms with Crippen molar-refractivity contribution in [2.24, 2.45) is 5.73 Å². The molecule has 1 aromatic rings. The fourth-order valence-corrected chi connectivity index (χ4v) is 1.81. The number of primary amides is 1. The predicted octanol–water partition coefficient (Wildman–Crippen LogP) is 1.66. The van der Waals surface area contributed by atoms with Crippen LogP contribution in [0.25, 0.3) is 0 Å². The maximum atomic E-state index is 12.3. The molecule has 0 spiro atoms. The van der Waals surface area contributed by atoms with Crippen LogP contribution in [-0.4, -0.2) is 34.5 Å². The van der Waals surface area contributed by atoms with Crippen LogP contribution in [0.3, 0.4) is 0 Å². The molecule has 0 aliphatic heterocycles. The van der Waals surface area contributed by atoms with Crippen LogP contribution in [0.5, 0.6) is 5.75 Å². The Kier molecular flexibility index (Phi) is 7.06. The van der Waals surface area contributed by atoms with Crippen molar-refractivity contribution in [3.8, 4) is 5.75 Å². The molecule has 0 aliphatic rings. The van der Waals surface area contributed by atoms with Gasteiger partial charge < -0.3 is 20.5 Å². The van der Waals surface area contributed by atoms with E-state index in [9.17, 15) is 24.5 Å². The number of non-ortho nitro benzene ring substituents is 1. The van der Waals surface area contributed by atoms with Crippen LogP contribution >= 0.6 is 0 Å². The molecule has 26 heavy (non-hydrogen) atoms. The lowest BCUT2D eigenvalue weighted by Gasteiger charge is -2.22. The highest BCUT2D eigenvalue weighted by Gasteiger charge is 2.26. The van der Waals surface area contributed by atoms with E-state index in [0.717, 1.165) is 0 Å². The molecule has 1 rings (SSSR count). The minimum atomic E-state index is -1.17. The SMILES string of the molecule is CC(C)(C)OC(=O)N[C@H](CCC(N)=O)C(=O)Oc1ccc([N+](=O)[O-])cc1. The van der Waals surface area contributed by atoms with Crippen LogP contribution in [0, 0.1) is 10.1 Å². The Balaban J connectivity index is 2.80. The summed E-state index contributed by atoms with van der Waals surface area (Å²) in [7, 11) is 0. The maximum Gasteiger partial charge on any atom is 0.408 e. The summed E-state index contributed by atoms with van der Waals surface area (Å²) in [6.07, 6.45) is -1.09. The largest absolute Gasteiger partial charge is 0.444 e. The Labute approximate surface area is 149 Å². The Morgan fingerprint density at radius 1 is 1.23 bits per heavy atom. The number of nitrogens with zero attached hydrogens (tertiary/aromatic N) is 1. The van der Waals surface area contributed by atoms with E-state index >= 15 is 0 Å². The molecule has 0 heterocycles. The number of nitro benzene ring substituents is 1. The Morgan fingerprint density at radius 3 is 2.27 bits per heavy atom. The van der Waals surface area contributed by atoms with Gasteiger partial charge in [-0.25, -0.2) is 9.59 Å². The number of benzene rings is 1. The van der Waals surface area contributed by atoms with Crippen LogP contribution in [0.4, 0.5) is 10.5 Å². The number of nitrogens with one attached hydrogen (secondary N) is 1. The summed E-state index contributed by atoms with van der Waals surface area (Å²) in [5, 5.41) is 12.9. The van der Waals surface area contributed by atoms with Crippen LogP contribution in [0.2, 0.25) is 0 Å². The van der Waals surface area contributed by atoms with E-state index in [4.69, 9.17) is 15.2 Å². The number of esters is 1. The minimum Gasteiger partial charge on any atom is -0.444 e. The summed E-state index contributed by atoms with van der Waals surface area (Å²) < 4.78 is 10.2. The minimum absolute atomic E-state index is 0.0515. The first-order valence-electron chi connectivity index (χ1n) is 7.72. The molecule has 0 aromatic heterocycles. The zero-order chi connectivity index (χ0) is 19.9. The summed E-state index contributed by atoms with van der Waals surface area (Å²) >= 11 is 0. The standard InChI is InChI=1S/C16H21N3O7/c1-16(2,3)26-15(22)18-12(8-9-13(17)20)14(21)25-11-6-4-10(5-7-11)19(23)24/h4-7,12H,8-9H2,1-3H3,(H2,17,20)(H,18,22)/t12-/m1/s1. The zero-order valence-electron chi connectivity index (χ0n) is 14.7. The number of nitro groups is 1. The van der Waals surface area contributed by atoms with Crippen molar-refractivity contribution in [2.75, 3.05) is 0 Å². The third-order valence-corrected chi connectivity index (χ3v) is 2.92. The van der Waals surface area contributed by atoms with E-state index < -0.39 is 34.5 Å². The fourth-order valence-electron chi connectivity index (χ4n) is 1.81. The molecule has 10 nitrogen and oxygen atoms in total. The van der Waals surface area contributed by atoms with E-state index in [1.54, 1.807) is 20.8 Å². The molecular weight excluding hydrogens is 346 g/mol. The molecule has 0 aliphatic carbocycles. The number of rotatable bonds is 7. The lowest BCUT2D eigenvalue weighted by atomic mass is 10.1. The van der Waals surface area contributed by atoms with Gasteiger partial charge >= 0.3 is 12.1 Å². The zero-order valence-corrected chi connectivity index (χ0v) is 14.7. The van der Waals surface area contributed by atoms with E-state index in [1.165, 1.54) is 24.3 Å². The second-order valence-electron chi connectivity index (χ2n) is 6.38. The van der Waals surface area contributed by atoms with Crippen molar-refractivity contribution in [3.05, 3.63) is 34.4 Å². The molecule has 0 saturated heterocycles. The Bertz CT molecular complexity index is 680. The summed E-state index contributed by atoms with van der Waals surface area (Å²) in [4.78, 5) is 45.1. The smallest absolute Gasteiger partial charge is 0.408 e. The van der Waals surface area contributed by atoms with Crippen molar-refractivity contribution in [2.45, 2.75) is 45.3 Å². The van der Waals surface area contributed by atoms with Crippen LogP contribution < -0.4 is 15.8 Å². The van der Waals surface area contributed by atoms with E-state index in [0.29, 0.717) is 0 Å². The number of hydrogen-bond donors (Lipinski definition) is 2. The van der Waals surface area contributed by atoms with E-state index in [-0.39, 0.29) is 24.3 Å². The number of hydrogen-bond acceptors (Lipinski definition) is 7. The molecule has 142 valence electrons. The second kappa shape index (κ2) is 8.79. The predicted molar refractivity (Wildman–Crippen MR) is 90.3 cm³/mol. The van der Waals surface area contributed by atoms with E-state index in [1.807, 2.05) is 0 Å². The van der Waals surface area contributed by atoms with Crippen LogP contribution in [-0.2, 0) is 14.3 Å². The van der Waals surface area contributed by atoms with Gasteiger partial charge in [-0.1, -0.05) is 0 Å². The molecule has 2 amide bonds. The van der Waals surface area contributed by atoms with Gasteiger partial charge in [-0.15, -0.1) is 0 Å². The molecular formula is C16H21N3O7. The topological polar surface area (TPSA) is 151 Å². The molecule has 3 N–H and O–H groups in total.